The van der Waals surface area contributed by atoms with Crippen molar-refractivity contribution in [2.45, 2.75) is 38.1 Å². The Morgan fingerprint density at radius 3 is 2.59 bits per heavy atom. The average molecular weight is 342 g/mol. The second kappa shape index (κ2) is 9.49. The number of hydrogen-bond acceptors (Lipinski definition) is 2. The quantitative estimate of drug-likeness (QED) is 0.628. The molecule has 0 radical (unpaired) electrons. The maximum absolute atomic E-state index is 11.1. The van der Waals surface area contributed by atoms with Gasteiger partial charge in [-0.25, -0.2) is 4.79 Å². The Labute approximate surface area is 142 Å². The zero-order chi connectivity index (χ0) is 15.1. The van der Waals surface area contributed by atoms with E-state index >= 15 is 0 Å². The third kappa shape index (κ3) is 6.08. The van der Waals surface area contributed by atoms with Crippen LogP contribution in [0.5, 0.6) is 0 Å². The molecule has 1 aromatic carbocycles. The van der Waals surface area contributed by atoms with Crippen molar-refractivity contribution in [1.29, 1.82) is 0 Å². The van der Waals surface area contributed by atoms with Crippen molar-refractivity contribution in [2.24, 2.45) is 10.7 Å². The number of nitrogens with one attached hydrogen (secondary N) is 1. The van der Waals surface area contributed by atoms with E-state index in [0.717, 1.165) is 18.4 Å². The molecule has 22 heavy (non-hydrogen) atoms. The standard InChI is InChI=1S/C16H20ClN3O.ClH/c17-14-9-5-4-6-12(14)10-11-15(20-16(18)21)19-13-7-2-1-3-8-13;/h4-6,9-11,13H,1-3,7-8H2,(H3,18,19,20,21);1H. The molecule has 0 bridgehead atoms. The van der Waals surface area contributed by atoms with Crippen molar-refractivity contribution >= 4 is 42.0 Å². The highest BCUT2D eigenvalue weighted by Gasteiger charge is 2.13. The summed E-state index contributed by atoms with van der Waals surface area (Å²) in [6, 6.07) is 7.16. The summed E-state index contributed by atoms with van der Waals surface area (Å²) in [6.07, 6.45) is 9.34. The third-order valence-corrected chi connectivity index (χ3v) is 3.82. The highest BCUT2D eigenvalue weighted by atomic mass is 35.5. The fourth-order valence-corrected chi connectivity index (χ4v) is 2.63. The van der Waals surface area contributed by atoms with Gasteiger partial charge in [0.05, 0.1) is 6.04 Å². The zero-order valence-electron chi connectivity index (χ0n) is 12.3. The van der Waals surface area contributed by atoms with Crippen molar-refractivity contribution in [3.8, 4) is 0 Å². The fourth-order valence-electron chi connectivity index (χ4n) is 2.43. The highest BCUT2D eigenvalue weighted by molar-refractivity contribution is 6.32. The first-order valence-corrected chi connectivity index (χ1v) is 7.60. The van der Waals surface area contributed by atoms with Gasteiger partial charge < -0.3 is 5.73 Å². The van der Waals surface area contributed by atoms with E-state index in [1.807, 2.05) is 30.3 Å². The van der Waals surface area contributed by atoms with Crippen LogP contribution in [-0.2, 0) is 0 Å². The average Bonchev–Trinajstić information content (AvgIpc) is 2.46. The van der Waals surface area contributed by atoms with E-state index in [-0.39, 0.29) is 18.4 Å². The van der Waals surface area contributed by atoms with Crippen molar-refractivity contribution in [3.63, 3.8) is 0 Å². The number of amides is 2. The number of halogens is 2. The number of carbonyl (C=O) groups excluding carboxylic acids is 1. The minimum atomic E-state index is -0.603. The van der Waals surface area contributed by atoms with Gasteiger partial charge in [-0.05, 0) is 36.6 Å². The molecule has 0 aromatic heterocycles. The first-order chi connectivity index (χ1) is 10.1. The van der Waals surface area contributed by atoms with Crippen molar-refractivity contribution in [2.75, 3.05) is 0 Å². The Kier molecular flexibility index (Phi) is 7.99. The van der Waals surface area contributed by atoms with Gasteiger partial charge in [0.1, 0.15) is 5.84 Å². The number of hydrogen-bond donors (Lipinski definition) is 2. The molecule has 6 heteroatoms. The molecule has 0 atom stereocenters. The molecule has 1 fully saturated rings. The number of aliphatic imine (C=N–C) groups is 1. The maximum atomic E-state index is 11.1. The minimum Gasteiger partial charge on any atom is -0.351 e. The van der Waals surface area contributed by atoms with Gasteiger partial charge in [0.2, 0.25) is 0 Å². The summed E-state index contributed by atoms with van der Waals surface area (Å²) in [4.78, 5) is 15.7. The van der Waals surface area contributed by atoms with Gasteiger partial charge in [0, 0.05) is 5.02 Å². The number of benzene rings is 1. The molecule has 3 N–H and O–H groups in total. The number of urea groups is 1. The van der Waals surface area contributed by atoms with Gasteiger partial charge in [0.15, 0.2) is 0 Å². The molecule has 1 aromatic rings. The Hall–Kier alpha value is -1.52. The number of nitrogens with two attached hydrogens (primary N) is 1. The number of rotatable bonds is 3. The summed E-state index contributed by atoms with van der Waals surface area (Å²) >= 11 is 6.10. The van der Waals surface area contributed by atoms with Crippen LogP contribution in [0.4, 0.5) is 4.79 Å². The van der Waals surface area contributed by atoms with E-state index in [1.54, 1.807) is 6.08 Å². The van der Waals surface area contributed by atoms with Gasteiger partial charge in [0.25, 0.3) is 0 Å². The van der Waals surface area contributed by atoms with Crippen LogP contribution in [-0.4, -0.2) is 17.9 Å². The van der Waals surface area contributed by atoms with E-state index in [4.69, 9.17) is 17.3 Å². The molecule has 0 unspecified atom stereocenters. The number of nitrogens with zero attached hydrogens (tertiary/aromatic N) is 1. The van der Waals surface area contributed by atoms with Crippen molar-refractivity contribution < 1.29 is 4.79 Å². The molecule has 2 rings (SSSR count). The van der Waals surface area contributed by atoms with Gasteiger partial charge in [-0.3, -0.25) is 10.3 Å². The molecule has 1 aliphatic rings. The Morgan fingerprint density at radius 2 is 1.95 bits per heavy atom. The molecule has 0 aliphatic heterocycles. The summed E-state index contributed by atoms with van der Waals surface area (Å²) in [6.45, 7) is 0. The zero-order valence-corrected chi connectivity index (χ0v) is 13.9. The van der Waals surface area contributed by atoms with Crippen LogP contribution in [0, 0.1) is 0 Å². The normalized spacial score (nSPS) is 16.3. The lowest BCUT2D eigenvalue weighted by atomic mass is 9.96. The lowest BCUT2D eigenvalue weighted by Gasteiger charge is -2.18. The van der Waals surface area contributed by atoms with Crippen LogP contribution < -0.4 is 11.1 Å². The summed E-state index contributed by atoms with van der Waals surface area (Å²) in [5.41, 5.74) is 6.08. The van der Waals surface area contributed by atoms with E-state index in [9.17, 15) is 4.79 Å². The number of primary amides is 1. The second-order valence-electron chi connectivity index (χ2n) is 5.15. The predicted molar refractivity (Wildman–Crippen MR) is 94.8 cm³/mol. The van der Waals surface area contributed by atoms with Crippen molar-refractivity contribution in [1.82, 2.24) is 5.32 Å². The number of carbonyl (C=O) groups is 1. The SMILES string of the molecule is Cl.NC(=O)NC(C=Cc1ccccc1Cl)=NC1CCCCC1. The highest BCUT2D eigenvalue weighted by Crippen LogP contribution is 2.20. The van der Waals surface area contributed by atoms with Crippen LogP contribution >= 0.6 is 24.0 Å². The van der Waals surface area contributed by atoms with Gasteiger partial charge >= 0.3 is 6.03 Å². The summed E-state index contributed by atoms with van der Waals surface area (Å²) in [7, 11) is 0. The van der Waals surface area contributed by atoms with Crippen LogP contribution in [0.1, 0.15) is 37.7 Å². The van der Waals surface area contributed by atoms with Crippen molar-refractivity contribution in [3.05, 3.63) is 40.9 Å². The van der Waals surface area contributed by atoms with E-state index in [2.05, 4.69) is 10.3 Å². The molecule has 1 aliphatic carbocycles. The fraction of sp³-hybridized carbons (Fsp3) is 0.375. The molecule has 2 amide bonds. The van der Waals surface area contributed by atoms with E-state index < -0.39 is 6.03 Å². The summed E-state index contributed by atoms with van der Waals surface area (Å²) in [5, 5.41) is 3.23. The third-order valence-electron chi connectivity index (χ3n) is 3.47. The first-order valence-electron chi connectivity index (χ1n) is 7.22. The van der Waals surface area contributed by atoms with Crippen LogP contribution in [0.3, 0.4) is 0 Å². The topological polar surface area (TPSA) is 67.5 Å². The lowest BCUT2D eigenvalue weighted by Crippen LogP contribution is -2.35. The second-order valence-corrected chi connectivity index (χ2v) is 5.56. The Balaban J connectivity index is 0.00000242. The molecule has 1 saturated carbocycles. The van der Waals surface area contributed by atoms with Crippen LogP contribution in [0.2, 0.25) is 5.02 Å². The Bertz CT molecular complexity index is 552. The summed E-state index contributed by atoms with van der Waals surface area (Å²) in [5.74, 6) is 0.495. The largest absolute Gasteiger partial charge is 0.351 e. The molecule has 0 saturated heterocycles. The van der Waals surface area contributed by atoms with Crippen LogP contribution in [0.15, 0.2) is 35.3 Å². The summed E-state index contributed by atoms with van der Waals surface area (Å²) < 4.78 is 0. The van der Waals surface area contributed by atoms with E-state index in [1.165, 1.54) is 19.3 Å². The first kappa shape index (κ1) is 18.5. The smallest absolute Gasteiger partial charge is 0.317 e. The monoisotopic (exact) mass is 341 g/mol. The van der Waals surface area contributed by atoms with Gasteiger partial charge in [-0.1, -0.05) is 49.1 Å². The molecule has 120 valence electrons. The van der Waals surface area contributed by atoms with E-state index in [0.29, 0.717) is 10.9 Å². The molecule has 4 nitrogen and oxygen atoms in total. The Morgan fingerprint density at radius 1 is 1.27 bits per heavy atom. The van der Waals surface area contributed by atoms with Gasteiger partial charge in [-0.15, -0.1) is 12.4 Å². The molecule has 0 heterocycles. The predicted octanol–water partition coefficient (Wildman–Crippen LogP) is 4.17. The molecular formula is C16H21Cl2N3O. The number of amidine groups is 1. The van der Waals surface area contributed by atoms with Gasteiger partial charge in [-0.2, -0.15) is 0 Å². The maximum Gasteiger partial charge on any atom is 0.317 e. The lowest BCUT2D eigenvalue weighted by molar-refractivity contribution is 0.253. The minimum absolute atomic E-state index is 0. The molecule has 0 spiro atoms. The molecular weight excluding hydrogens is 321 g/mol. The van der Waals surface area contributed by atoms with Crippen LogP contribution in [0.25, 0.3) is 6.08 Å².